The van der Waals surface area contributed by atoms with Gasteiger partial charge in [-0.05, 0) is 31.2 Å². The van der Waals surface area contributed by atoms with E-state index in [1.165, 1.54) is 19.4 Å². The fourth-order valence-electron chi connectivity index (χ4n) is 1.48. The fourth-order valence-corrected chi connectivity index (χ4v) is 3.12. The van der Waals surface area contributed by atoms with Gasteiger partial charge in [-0.25, -0.2) is 0 Å². The first kappa shape index (κ1) is 13.1. The molecule has 0 unspecified atom stereocenters. The van der Waals surface area contributed by atoms with Crippen LogP contribution in [0.1, 0.15) is 5.69 Å². The summed E-state index contributed by atoms with van der Waals surface area (Å²) in [7, 11) is -2.29. The SMILES string of the molecule is COc1cc(Br)ccc1S(=O)(=O)n1ccc(C)n1. The molecule has 2 aromatic rings. The maximum atomic E-state index is 12.3. The number of methoxy groups -OCH3 is 1. The highest BCUT2D eigenvalue weighted by Gasteiger charge is 2.22. The standard InChI is InChI=1S/C11H11BrN2O3S/c1-8-5-6-14(13-8)18(15,16)11-4-3-9(12)7-10(11)17-2/h3-7H,1-2H3. The van der Waals surface area contributed by atoms with E-state index in [2.05, 4.69) is 21.0 Å². The maximum Gasteiger partial charge on any atom is 0.286 e. The molecular formula is C11H11BrN2O3S. The van der Waals surface area contributed by atoms with Gasteiger partial charge < -0.3 is 4.74 Å². The molecule has 7 heteroatoms. The summed E-state index contributed by atoms with van der Waals surface area (Å²) in [5.74, 6) is 0.275. The second-order valence-corrected chi connectivity index (χ2v) is 6.31. The Kier molecular flexibility index (Phi) is 3.45. The highest BCUT2D eigenvalue weighted by Crippen LogP contribution is 2.28. The summed E-state index contributed by atoms with van der Waals surface area (Å²) in [5, 5.41) is 3.92. The number of rotatable bonds is 3. The number of ether oxygens (including phenoxy) is 1. The highest BCUT2D eigenvalue weighted by molar-refractivity contribution is 9.10. The van der Waals surface area contributed by atoms with Crippen LogP contribution in [0.4, 0.5) is 0 Å². The second-order valence-electron chi connectivity index (χ2n) is 3.63. The molecule has 18 heavy (non-hydrogen) atoms. The molecule has 0 aliphatic heterocycles. The second kappa shape index (κ2) is 4.74. The van der Waals surface area contributed by atoms with E-state index in [1.54, 1.807) is 25.1 Å². The summed E-state index contributed by atoms with van der Waals surface area (Å²) in [6.07, 6.45) is 1.41. The number of nitrogens with zero attached hydrogens (tertiary/aromatic N) is 2. The van der Waals surface area contributed by atoms with Crippen LogP contribution in [0.5, 0.6) is 5.75 Å². The number of aromatic nitrogens is 2. The predicted octanol–water partition coefficient (Wildman–Crippen LogP) is 2.20. The third-order valence-corrected chi connectivity index (χ3v) is 4.43. The number of hydrogen-bond donors (Lipinski definition) is 0. The third-order valence-electron chi connectivity index (χ3n) is 2.35. The van der Waals surface area contributed by atoms with Crippen LogP contribution in [-0.4, -0.2) is 24.7 Å². The van der Waals surface area contributed by atoms with Gasteiger partial charge in [-0.3, -0.25) is 0 Å². The van der Waals surface area contributed by atoms with E-state index in [1.807, 2.05) is 0 Å². The van der Waals surface area contributed by atoms with Crippen LogP contribution in [0.2, 0.25) is 0 Å². The molecular weight excluding hydrogens is 320 g/mol. The van der Waals surface area contributed by atoms with Gasteiger partial charge in [0, 0.05) is 10.7 Å². The Labute approximate surface area is 114 Å². The molecule has 0 atom stereocenters. The number of benzene rings is 1. The molecule has 1 heterocycles. The minimum Gasteiger partial charge on any atom is -0.495 e. The highest BCUT2D eigenvalue weighted by atomic mass is 79.9. The Balaban J connectivity index is 2.61. The van der Waals surface area contributed by atoms with E-state index in [-0.39, 0.29) is 10.6 Å². The molecule has 0 aliphatic rings. The number of aryl methyl sites for hydroxylation is 1. The molecule has 0 saturated heterocycles. The van der Waals surface area contributed by atoms with E-state index in [0.29, 0.717) is 5.69 Å². The van der Waals surface area contributed by atoms with Crippen molar-refractivity contribution in [3.05, 3.63) is 40.6 Å². The molecule has 96 valence electrons. The van der Waals surface area contributed by atoms with Gasteiger partial charge in [0.05, 0.1) is 12.8 Å². The molecule has 0 saturated carbocycles. The molecule has 0 bridgehead atoms. The Hall–Kier alpha value is -1.34. The molecule has 0 N–H and O–H groups in total. The summed E-state index contributed by atoms with van der Waals surface area (Å²) in [5.41, 5.74) is 0.634. The van der Waals surface area contributed by atoms with Gasteiger partial charge in [-0.2, -0.15) is 17.6 Å². The average molecular weight is 331 g/mol. The Morgan fingerprint density at radius 3 is 2.61 bits per heavy atom. The van der Waals surface area contributed by atoms with Crippen LogP contribution < -0.4 is 4.74 Å². The zero-order chi connectivity index (χ0) is 13.3. The molecule has 0 fully saturated rings. The van der Waals surface area contributed by atoms with Crippen molar-refractivity contribution in [1.82, 2.24) is 9.19 Å². The third kappa shape index (κ3) is 2.28. The average Bonchev–Trinajstić information content (AvgIpc) is 2.76. The van der Waals surface area contributed by atoms with Gasteiger partial charge in [-0.1, -0.05) is 15.9 Å². The lowest BCUT2D eigenvalue weighted by molar-refractivity contribution is 0.402. The summed E-state index contributed by atoms with van der Waals surface area (Å²) in [6, 6.07) is 6.35. The maximum absolute atomic E-state index is 12.3. The van der Waals surface area contributed by atoms with Crippen molar-refractivity contribution >= 4 is 26.0 Å². The zero-order valence-electron chi connectivity index (χ0n) is 9.79. The molecule has 0 amide bonds. The fraction of sp³-hybridized carbons (Fsp3) is 0.182. The van der Waals surface area contributed by atoms with Gasteiger partial charge in [0.1, 0.15) is 10.6 Å². The van der Waals surface area contributed by atoms with Crippen LogP contribution in [0.15, 0.2) is 39.8 Å². The lowest BCUT2D eigenvalue weighted by Gasteiger charge is -2.09. The molecule has 1 aromatic heterocycles. The van der Waals surface area contributed by atoms with Crippen LogP contribution >= 0.6 is 15.9 Å². The van der Waals surface area contributed by atoms with Gasteiger partial charge in [0.25, 0.3) is 10.0 Å². The quantitative estimate of drug-likeness (QED) is 0.865. The van der Waals surface area contributed by atoms with Crippen molar-refractivity contribution in [1.29, 1.82) is 0 Å². The van der Waals surface area contributed by atoms with Gasteiger partial charge >= 0.3 is 0 Å². The van der Waals surface area contributed by atoms with Crippen LogP contribution in [-0.2, 0) is 10.0 Å². The molecule has 0 spiro atoms. The lowest BCUT2D eigenvalue weighted by atomic mass is 10.3. The minimum atomic E-state index is -3.72. The molecule has 2 rings (SSSR count). The predicted molar refractivity (Wildman–Crippen MR) is 70.2 cm³/mol. The van der Waals surface area contributed by atoms with E-state index in [0.717, 1.165) is 8.56 Å². The number of halogens is 1. The van der Waals surface area contributed by atoms with E-state index < -0.39 is 10.0 Å². The van der Waals surface area contributed by atoms with Crippen LogP contribution in [0.3, 0.4) is 0 Å². The van der Waals surface area contributed by atoms with E-state index in [4.69, 9.17) is 4.74 Å². The van der Waals surface area contributed by atoms with Crippen LogP contribution in [0, 0.1) is 6.92 Å². The summed E-state index contributed by atoms with van der Waals surface area (Å²) in [6.45, 7) is 1.73. The van der Waals surface area contributed by atoms with Crippen molar-refractivity contribution in [2.75, 3.05) is 7.11 Å². The van der Waals surface area contributed by atoms with Gasteiger partial charge in [0.2, 0.25) is 0 Å². The minimum absolute atomic E-state index is 0.0799. The summed E-state index contributed by atoms with van der Waals surface area (Å²) in [4.78, 5) is 0.0799. The Morgan fingerprint density at radius 1 is 1.33 bits per heavy atom. The van der Waals surface area contributed by atoms with Crippen molar-refractivity contribution in [3.8, 4) is 5.75 Å². The topological polar surface area (TPSA) is 61.2 Å². The normalized spacial score (nSPS) is 11.5. The van der Waals surface area contributed by atoms with Crippen molar-refractivity contribution in [2.45, 2.75) is 11.8 Å². The first-order chi connectivity index (χ1) is 8.45. The molecule has 1 aromatic carbocycles. The monoisotopic (exact) mass is 330 g/mol. The van der Waals surface area contributed by atoms with Gasteiger partial charge in [-0.15, -0.1) is 0 Å². The van der Waals surface area contributed by atoms with Crippen molar-refractivity contribution < 1.29 is 13.2 Å². The first-order valence-electron chi connectivity index (χ1n) is 5.06. The largest absolute Gasteiger partial charge is 0.495 e. The molecule has 0 aliphatic carbocycles. The van der Waals surface area contributed by atoms with E-state index >= 15 is 0 Å². The molecule has 0 radical (unpaired) electrons. The first-order valence-corrected chi connectivity index (χ1v) is 7.30. The zero-order valence-corrected chi connectivity index (χ0v) is 12.2. The molecule has 5 nitrogen and oxygen atoms in total. The van der Waals surface area contributed by atoms with E-state index in [9.17, 15) is 8.42 Å². The Bertz CT molecular complexity index is 679. The summed E-state index contributed by atoms with van der Waals surface area (Å²) < 4.78 is 31.5. The summed E-state index contributed by atoms with van der Waals surface area (Å²) >= 11 is 3.27. The lowest BCUT2D eigenvalue weighted by Crippen LogP contribution is -2.14. The van der Waals surface area contributed by atoms with Crippen molar-refractivity contribution in [2.24, 2.45) is 0 Å². The van der Waals surface area contributed by atoms with Gasteiger partial charge in [0.15, 0.2) is 0 Å². The van der Waals surface area contributed by atoms with Crippen LogP contribution in [0.25, 0.3) is 0 Å². The Morgan fingerprint density at radius 2 is 2.06 bits per heavy atom. The smallest absolute Gasteiger partial charge is 0.286 e. The van der Waals surface area contributed by atoms with Crippen molar-refractivity contribution in [3.63, 3.8) is 0 Å². The number of hydrogen-bond acceptors (Lipinski definition) is 4.